The molecule has 1 aromatic rings. The van der Waals surface area contributed by atoms with Crippen LogP contribution in [0.15, 0.2) is 18.5 Å². The van der Waals surface area contributed by atoms with Gasteiger partial charge in [-0.25, -0.2) is 0 Å². The van der Waals surface area contributed by atoms with Crippen LogP contribution in [-0.4, -0.2) is 23.5 Å². The number of carbonyl (C=O) groups is 1. The minimum Gasteiger partial charge on any atom is -0.350 e. The Morgan fingerprint density at radius 2 is 2.33 bits per heavy atom. The molecule has 1 rings (SSSR count). The third kappa shape index (κ3) is 3.67. The van der Waals surface area contributed by atoms with E-state index in [1.165, 1.54) is 0 Å². The van der Waals surface area contributed by atoms with Crippen LogP contribution in [0.1, 0.15) is 29.3 Å². The lowest BCUT2D eigenvalue weighted by molar-refractivity contribution is 0.0950. The molecule has 0 spiro atoms. The molecule has 15 heavy (non-hydrogen) atoms. The van der Waals surface area contributed by atoms with Crippen molar-refractivity contribution in [2.24, 2.45) is 5.73 Å². The number of nitrogens with two attached hydrogens (primary N) is 1. The minimum absolute atomic E-state index is 0.0201. The fourth-order valence-electron chi connectivity index (χ4n) is 1.15. The number of carbonyl (C=O) groups excluding carboxylic acids is 1. The smallest absolute Gasteiger partial charge is 0.252 e. The van der Waals surface area contributed by atoms with Crippen molar-refractivity contribution < 1.29 is 4.79 Å². The van der Waals surface area contributed by atoms with Gasteiger partial charge in [0.25, 0.3) is 5.91 Å². The Hall–Kier alpha value is -1.42. The zero-order chi connectivity index (χ0) is 11.3. The molecule has 0 saturated carbocycles. The Kier molecular flexibility index (Phi) is 4.24. The molecule has 1 aromatic heterocycles. The van der Waals surface area contributed by atoms with Crippen molar-refractivity contribution in [2.45, 2.75) is 26.3 Å². The lowest BCUT2D eigenvalue weighted by Gasteiger charge is -2.10. The van der Waals surface area contributed by atoms with Gasteiger partial charge in [0.1, 0.15) is 0 Å². The molecule has 3 N–H and O–H groups in total. The molecular weight excluding hydrogens is 190 g/mol. The molecule has 0 aliphatic rings. The Balaban J connectivity index is 2.54. The molecule has 1 amide bonds. The maximum atomic E-state index is 11.6. The van der Waals surface area contributed by atoms with E-state index in [-0.39, 0.29) is 11.9 Å². The second-order valence-corrected chi connectivity index (χ2v) is 3.63. The topological polar surface area (TPSA) is 68.0 Å². The second-order valence-electron chi connectivity index (χ2n) is 3.63. The van der Waals surface area contributed by atoms with Gasteiger partial charge < -0.3 is 11.1 Å². The Morgan fingerprint density at radius 1 is 1.60 bits per heavy atom. The molecule has 1 atom stereocenters. The first-order chi connectivity index (χ1) is 7.13. The van der Waals surface area contributed by atoms with Crippen LogP contribution in [0.25, 0.3) is 0 Å². The van der Waals surface area contributed by atoms with Crippen LogP contribution in [0, 0.1) is 6.92 Å². The number of rotatable bonds is 4. The normalized spacial score (nSPS) is 12.2. The first kappa shape index (κ1) is 11.7. The second kappa shape index (κ2) is 5.46. The van der Waals surface area contributed by atoms with E-state index < -0.39 is 0 Å². The molecule has 0 bridgehead atoms. The molecule has 4 heteroatoms. The van der Waals surface area contributed by atoms with Crippen molar-refractivity contribution in [3.8, 4) is 0 Å². The minimum atomic E-state index is -0.116. The summed E-state index contributed by atoms with van der Waals surface area (Å²) < 4.78 is 0. The SMILES string of the molecule is CCC(N)CNC(=O)c1cncc(C)c1. The predicted octanol–water partition coefficient (Wildman–Crippen LogP) is 0.857. The zero-order valence-electron chi connectivity index (χ0n) is 9.16. The van der Waals surface area contributed by atoms with E-state index in [4.69, 9.17) is 5.73 Å². The highest BCUT2D eigenvalue weighted by atomic mass is 16.1. The van der Waals surface area contributed by atoms with Crippen molar-refractivity contribution in [1.82, 2.24) is 10.3 Å². The summed E-state index contributed by atoms with van der Waals surface area (Å²) in [7, 11) is 0. The largest absolute Gasteiger partial charge is 0.350 e. The molecule has 4 nitrogen and oxygen atoms in total. The van der Waals surface area contributed by atoms with Gasteiger partial charge in [0.15, 0.2) is 0 Å². The monoisotopic (exact) mass is 207 g/mol. The number of hydrogen-bond acceptors (Lipinski definition) is 3. The number of nitrogens with one attached hydrogen (secondary N) is 1. The number of nitrogens with zero attached hydrogens (tertiary/aromatic N) is 1. The summed E-state index contributed by atoms with van der Waals surface area (Å²) in [6, 6.07) is 1.83. The van der Waals surface area contributed by atoms with E-state index in [2.05, 4.69) is 10.3 Å². The number of amides is 1. The summed E-state index contributed by atoms with van der Waals surface area (Å²) in [6.45, 7) is 4.40. The third-order valence-electron chi connectivity index (χ3n) is 2.19. The van der Waals surface area contributed by atoms with Crippen molar-refractivity contribution in [2.75, 3.05) is 6.54 Å². The van der Waals surface area contributed by atoms with Gasteiger partial charge in [-0.3, -0.25) is 9.78 Å². The van der Waals surface area contributed by atoms with Crippen LogP contribution in [0.3, 0.4) is 0 Å². The summed E-state index contributed by atoms with van der Waals surface area (Å²) in [4.78, 5) is 15.6. The summed E-state index contributed by atoms with van der Waals surface area (Å²) in [5.74, 6) is -0.116. The molecule has 0 aromatic carbocycles. The lowest BCUT2D eigenvalue weighted by Crippen LogP contribution is -2.36. The fraction of sp³-hybridized carbons (Fsp3) is 0.455. The highest BCUT2D eigenvalue weighted by molar-refractivity contribution is 5.93. The van der Waals surface area contributed by atoms with Gasteiger partial charge in [0.2, 0.25) is 0 Å². The van der Waals surface area contributed by atoms with Crippen LogP contribution in [0.5, 0.6) is 0 Å². The Bertz CT molecular complexity index is 338. The van der Waals surface area contributed by atoms with Crippen LogP contribution >= 0.6 is 0 Å². The Morgan fingerprint density at radius 3 is 2.93 bits per heavy atom. The van der Waals surface area contributed by atoms with Crippen molar-refractivity contribution in [3.05, 3.63) is 29.6 Å². The van der Waals surface area contributed by atoms with Gasteiger partial charge in [-0.15, -0.1) is 0 Å². The molecule has 0 radical (unpaired) electrons. The van der Waals surface area contributed by atoms with Gasteiger partial charge in [0.05, 0.1) is 5.56 Å². The molecule has 82 valence electrons. The zero-order valence-corrected chi connectivity index (χ0v) is 9.16. The maximum absolute atomic E-state index is 11.6. The first-order valence-electron chi connectivity index (χ1n) is 5.09. The third-order valence-corrected chi connectivity index (χ3v) is 2.19. The van der Waals surface area contributed by atoms with Gasteiger partial charge in [-0.2, -0.15) is 0 Å². The average Bonchev–Trinajstić information content (AvgIpc) is 2.25. The van der Waals surface area contributed by atoms with E-state index in [1.807, 2.05) is 13.8 Å². The summed E-state index contributed by atoms with van der Waals surface area (Å²) in [5, 5.41) is 2.77. The number of aromatic nitrogens is 1. The highest BCUT2D eigenvalue weighted by Gasteiger charge is 2.07. The maximum Gasteiger partial charge on any atom is 0.252 e. The molecular formula is C11H17N3O. The number of hydrogen-bond donors (Lipinski definition) is 2. The van der Waals surface area contributed by atoms with Crippen LogP contribution in [0.2, 0.25) is 0 Å². The molecule has 0 aliphatic heterocycles. The first-order valence-corrected chi connectivity index (χ1v) is 5.09. The van der Waals surface area contributed by atoms with Crippen LogP contribution < -0.4 is 11.1 Å². The lowest BCUT2D eigenvalue weighted by atomic mass is 10.2. The number of aryl methyl sites for hydroxylation is 1. The molecule has 1 unspecified atom stereocenters. The molecule has 0 aliphatic carbocycles. The Labute approximate surface area is 89.9 Å². The van der Waals surface area contributed by atoms with E-state index in [9.17, 15) is 4.79 Å². The van der Waals surface area contributed by atoms with Crippen LogP contribution in [-0.2, 0) is 0 Å². The fourth-order valence-corrected chi connectivity index (χ4v) is 1.15. The molecule has 0 fully saturated rings. The van der Waals surface area contributed by atoms with E-state index in [0.717, 1.165) is 12.0 Å². The van der Waals surface area contributed by atoms with Crippen molar-refractivity contribution in [1.29, 1.82) is 0 Å². The summed E-state index contributed by atoms with van der Waals surface area (Å²) in [6.07, 6.45) is 4.13. The standard InChI is InChI=1S/C11H17N3O/c1-3-10(12)7-14-11(15)9-4-8(2)5-13-6-9/h4-6,10H,3,7,12H2,1-2H3,(H,14,15). The van der Waals surface area contributed by atoms with E-state index in [0.29, 0.717) is 12.1 Å². The van der Waals surface area contributed by atoms with Crippen molar-refractivity contribution in [3.63, 3.8) is 0 Å². The predicted molar refractivity (Wildman–Crippen MR) is 59.6 cm³/mol. The molecule has 0 saturated heterocycles. The van der Waals surface area contributed by atoms with Gasteiger partial charge in [0, 0.05) is 25.0 Å². The van der Waals surface area contributed by atoms with Gasteiger partial charge >= 0.3 is 0 Å². The van der Waals surface area contributed by atoms with Crippen LogP contribution in [0.4, 0.5) is 0 Å². The summed E-state index contributed by atoms with van der Waals surface area (Å²) >= 11 is 0. The highest BCUT2D eigenvalue weighted by Crippen LogP contribution is 2.00. The summed E-state index contributed by atoms with van der Waals surface area (Å²) in [5.41, 5.74) is 7.26. The van der Waals surface area contributed by atoms with E-state index >= 15 is 0 Å². The molecule has 1 heterocycles. The van der Waals surface area contributed by atoms with Crippen molar-refractivity contribution >= 4 is 5.91 Å². The number of pyridine rings is 1. The average molecular weight is 207 g/mol. The van der Waals surface area contributed by atoms with E-state index in [1.54, 1.807) is 18.5 Å². The van der Waals surface area contributed by atoms with Gasteiger partial charge in [-0.05, 0) is 25.0 Å². The quantitative estimate of drug-likeness (QED) is 0.769. The van der Waals surface area contributed by atoms with Gasteiger partial charge in [-0.1, -0.05) is 6.92 Å².